The standard InChI is InChI=1S/C21H20N4O3S/c1-27-13-15-14-5-2-3-7-17(14)28-18(15)20(26)24-9-11-25(12-10-24)21-23-16-6-4-8-22-19(16)29-21/h2-8H,9-13H2,1H3. The first kappa shape index (κ1) is 18.1. The van der Waals surface area contributed by atoms with E-state index in [9.17, 15) is 4.79 Å². The molecule has 4 aromatic rings. The van der Waals surface area contributed by atoms with Gasteiger partial charge in [0.2, 0.25) is 0 Å². The van der Waals surface area contributed by atoms with Crippen molar-refractivity contribution in [1.29, 1.82) is 0 Å². The van der Waals surface area contributed by atoms with Crippen molar-refractivity contribution in [2.75, 3.05) is 38.2 Å². The van der Waals surface area contributed by atoms with Crippen LogP contribution in [0.5, 0.6) is 0 Å². The van der Waals surface area contributed by atoms with Crippen LogP contribution in [0.1, 0.15) is 16.1 Å². The number of carbonyl (C=O) groups excluding carboxylic acids is 1. The topological polar surface area (TPSA) is 71.7 Å². The van der Waals surface area contributed by atoms with Gasteiger partial charge in [-0.3, -0.25) is 4.79 Å². The van der Waals surface area contributed by atoms with Crippen molar-refractivity contribution in [3.05, 3.63) is 53.9 Å². The maximum Gasteiger partial charge on any atom is 0.290 e. The lowest BCUT2D eigenvalue weighted by Gasteiger charge is -2.34. The van der Waals surface area contributed by atoms with Crippen molar-refractivity contribution in [2.45, 2.75) is 6.61 Å². The van der Waals surface area contributed by atoms with E-state index in [2.05, 4.69) is 14.9 Å². The van der Waals surface area contributed by atoms with Gasteiger partial charge in [0, 0.05) is 50.4 Å². The lowest BCUT2D eigenvalue weighted by molar-refractivity contribution is 0.0710. The summed E-state index contributed by atoms with van der Waals surface area (Å²) < 4.78 is 11.2. The highest BCUT2D eigenvalue weighted by atomic mass is 32.1. The van der Waals surface area contributed by atoms with Crippen molar-refractivity contribution < 1.29 is 13.9 Å². The molecular weight excluding hydrogens is 388 g/mol. The van der Waals surface area contributed by atoms with Gasteiger partial charge in [-0.05, 0) is 18.2 Å². The smallest absolute Gasteiger partial charge is 0.290 e. The Bertz CT molecular complexity index is 1140. The molecule has 3 aromatic heterocycles. The van der Waals surface area contributed by atoms with E-state index in [0.29, 0.717) is 31.0 Å². The van der Waals surface area contributed by atoms with Gasteiger partial charge in [0.15, 0.2) is 10.9 Å². The first-order valence-electron chi connectivity index (χ1n) is 9.49. The fourth-order valence-electron chi connectivity index (χ4n) is 3.70. The van der Waals surface area contributed by atoms with Gasteiger partial charge in [-0.15, -0.1) is 0 Å². The van der Waals surface area contributed by atoms with E-state index >= 15 is 0 Å². The van der Waals surface area contributed by atoms with E-state index in [1.54, 1.807) is 24.6 Å². The number of anilines is 1. The summed E-state index contributed by atoms with van der Waals surface area (Å²) in [5.74, 6) is 0.296. The summed E-state index contributed by atoms with van der Waals surface area (Å²) in [7, 11) is 1.63. The number of carbonyl (C=O) groups is 1. The number of para-hydroxylation sites is 1. The van der Waals surface area contributed by atoms with Gasteiger partial charge in [-0.25, -0.2) is 9.97 Å². The zero-order valence-electron chi connectivity index (χ0n) is 16.0. The van der Waals surface area contributed by atoms with E-state index in [0.717, 1.165) is 39.5 Å². The second-order valence-electron chi connectivity index (χ2n) is 6.94. The van der Waals surface area contributed by atoms with Crippen LogP contribution < -0.4 is 4.90 Å². The van der Waals surface area contributed by atoms with Gasteiger partial charge in [0.1, 0.15) is 15.9 Å². The first-order chi connectivity index (χ1) is 14.2. The Balaban J connectivity index is 1.35. The van der Waals surface area contributed by atoms with Gasteiger partial charge in [-0.1, -0.05) is 29.5 Å². The summed E-state index contributed by atoms with van der Waals surface area (Å²) in [5, 5.41) is 1.88. The Kier molecular flexibility index (Phi) is 4.65. The van der Waals surface area contributed by atoms with Crippen molar-refractivity contribution in [3.8, 4) is 0 Å². The van der Waals surface area contributed by atoms with Crippen molar-refractivity contribution in [1.82, 2.24) is 14.9 Å². The lowest BCUT2D eigenvalue weighted by atomic mass is 10.1. The molecule has 148 valence electrons. The molecule has 5 rings (SSSR count). The molecule has 1 amide bonds. The number of benzene rings is 1. The Morgan fingerprint density at radius 1 is 1.17 bits per heavy atom. The Hall–Kier alpha value is -2.97. The second kappa shape index (κ2) is 7.46. The summed E-state index contributed by atoms with van der Waals surface area (Å²) in [5.41, 5.74) is 2.44. The van der Waals surface area contributed by atoms with Crippen LogP contribution in [0.25, 0.3) is 21.3 Å². The minimum atomic E-state index is -0.0844. The molecule has 1 fully saturated rings. The van der Waals surface area contributed by atoms with Crippen LogP contribution >= 0.6 is 11.3 Å². The maximum atomic E-state index is 13.2. The number of piperazine rings is 1. The van der Waals surface area contributed by atoms with Crippen molar-refractivity contribution in [3.63, 3.8) is 0 Å². The number of hydrogen-bond donors (Lipinski definition) is 0. The number of nitrogens with zero attached hydrogens (tertiary/aromatic N) is 4. The van der Waals surface area contributed by atoms with E-state index < -0.39 is 0 Å². The van der Waals surface area contributed by atoms with E-state index in [4.69, 9.17) is 9.15 Å². The van der Waals surface area contributed by atoms with Crippen LogP contribution in [0.4, 0.5) is 5.13 Å². The molecule has 0 atom stereocenters. The number of methoxy groups -OCH3 is 1. The van der Waals surface area contributed by atoms with E-state index in [1.165, 1.54) is 0 Å². The second-order valence-corrected chi connectivity index (χ2v) is 7.90. The number of pyridine rings is 1. The molecule has 7 nitrogen and oxygen atoms in total. The number of fused-ring (bicyclic) bond motifs is 2. The molecule has 0 aliphatic carbocycles. The summed E-state index contributed by atoms with van der Waals surface area (Å²) >= 11 is 1.59. The average molecular weight is 408 g/mol. The zero-order chi connectivity index (χ0) is 19.8. The Morgan fingerprint density at radius 2 is 2.00 bits per heavy atom. The molecule has 0 N–H and O–H groups in total. The van der Waals surface area contributed by atoms with Crippen molar-refractivity contribution in [2.24, 2.45) is 0 Å². The molecule has 8 heteroatoms. The van der Waals surface area contributed by atoms with Gasteiger partial charge >= 0.3 is 0 Å². The quantitative estimate of drug-likeness (QED) is 0.514. The molecule has 1 aromatic carbocycles. The van der Waals surface area contributed by atoms with Crippen LogP contribution in [-0.2, 0) is 11.3 Å². The zero-order valence-corrected chi connectivity index (χ0v) is 16.8. The minimum Gasteiger partial charge on any atom is -0.451 e. The van der Waals surface area contributed by atoms with Crippen LogP contribution in [0.2, 0.25) is 0 Å². The molecular formula is C21H20N4O3S. The number of ether oxygens (including phenoxy) is 1. The normalized spacial score (nSPS) is 14.8. The number of furan rings is 1. The summed E-state index contributed by atoms with van der Waals surface area (Å²) in [6.07, 6.45) is 1.78. The molecule has 1 saturated heterocycles. The molecule has 1 aliphatic heterocycles. The third kappa shape index (κ3) is 3.24. The molecule has 0 spiro atoms. The average Bonchev–Trinajstić information content (AvgIpc) is 3.36. The highest BCUT2D eigenvalue weighted by Gasteiger charge is 2.28. The molecule has 0 radical (unpaired) electrons. The first-order valence-corrected chi connectivity index (χ1v) is 10.3. The fraction of sp³-hybridized carbons (Fsp3) is 0.286. The number of amides is 1. The van der Waals surface area contributed by atoms with Gasteiger partial charge in [0.05, 0.1) is 6.61 Å². The van der Waals surface area contributed by atoms with Crippen LogP contribution in [0.15, 0.2) is 47.0 Å². The molecule has 4 heterocycles. The molecule has 0 bridgehead atoms. The highest BCUT2D eigenvalue weighted by molar-refractivity contribution is 7.21. The Morgan fingerprint density at radius 3 is 2.79 bits per heavy atom. The summed E-state index contributed by atoms with van der Waals surface area (Å²) in [4.78, 5) is 27.2. The maximum absolute atomic E-state index is 13.2. The summed E-state index contributed by atoms with van der Waals surface area (Å²) in [6.45, 7) is 3.03. The van der Waals surface area contributed by atoms with Crippen LogP contribution in [0.3, 0.4) is 0 Å². The Labute approximate surface area is 171 Å². The number of aromatic nitrogens is 2. The minimum absolute atomic E-state index is 0.0844. The monoisotopic (exact) mass is 408 g/mol. The van der Waals surface area contributed by atoms with Crippen molar-refractivity contribution >= 4 is 43.7 Å². The number of rotatable bonds is 4. The number of thiazole rings is 1. The predicted octanol–water partition coefficient (Wildman–Crippen LogP) is 3.55. The van der Waals surface area contributed by atoms with Crippen LogP contribution in [0, 0.1) is 0 Å². The van der Waals surface area contributed by atoms with E-state index in [1.807, 2.05) is 41.3 Å². The number of hydrogen-bond acceptors (Lipinski definition) is 7. The van der Waals surface area contributed by atoms with E-state index in [-0.39, 0.29) is 5.91 Å². The largest absolute Gasteiger partial charge is 0.451 e. The molecule has 29 heavy (non-hydrogen) atoms. The molecule has 0 saturated carbocycles. The molecule has 1 aliphatic rings. The third-order valence-corrected chi connectivity index (χ3v) is 6.21. The lowest BCUT2D eigenvalue weighted by Crippen LogP contribution is -2.48. The van der Waals surface area contributed by atoms with Crippen LogP contribution in [-0.4, -0.2) is 54.1 Å². The predicted molar refractivity (Wildman–Crippen MR) is 112 cm³/mol. The van der Waals surface area contributed by atoms with Gasteiger partial charge in [-0.2, -0.15) is 0 Å². The van der Waals surface area contributed by atoms with Gasteiger partial charge < -0.3 is 19.0 Å². The molecule has 0 unspecified atom stereocenters. The third-order valence-electron chi connectivity index (χ3n) is 5.17. The fourth-order valence-corrected chi connectivity index (χ4v) is 4.66. The highest BCUT2D eigenvalue weighted by Crippen LogP contribution is 2.30. The van der Waals surface area contributed by atoms with Gasteiger partial charge in [0.25, 0.3) is 5.91 Å². The SMILES string of the molecule is COCc1c(C(=O)N2CCN(c3nc4cccnc4s3)CC2)oc2ccccc12. The summed E-state index contributed by atoms with van der Waals surface area (Å²) in [6, 6.07) is 11.6.